The molecule has 0 fully saturated rings. The number of halogens is 4. The van der Waals surface area contributed by atoms with Gasteiger partial charge in [-0.05, 0) is 42.5 Å². The van der Waals surface area contributed by atoms with Gasteiger partial charge in [0, 0.05) is 5.56 Å². The number of methoxy groups -OCH3 is 1. The molecule has 0 saturated carbocycles. The molecule has 4 rings (SSSR count). The van der Waals surface area contributed by atoms with Gasteiger partial charge in [0.05, 0.1) is 36.3 Å². The minimum atomic E-state index is -4.63. The lowest BCUT2D eigenvalue weighted by molar-refractivity contribution is -0.137. The largest absolute Gasteiger partial charge is 0.495 e. The number of amides is 2. The lowest BCUT2D eigenvalue weighted by atomic mass is 10.1. The molecule has 0 unspecified atom stereocenters. The topological polar surface area (TPSA) is 98.1 Å². The number of nitrogens with zero attached hydrogens (tertiary/aromatic N) is 3. The van der Waals surface area contributed by atoms with Crippen LogP contribution in [0.5, 0.6) is 5.75 Å². The first-order valence-electron chi connectivity index (χ1n) is 11.4. The second-order valence-corrected chi connectivity index (χ2v) is 8.92. The fraction of sp³-hybridized carbons (Fsp3) is 0.154. The quantitative estimate of drug-likeness (QED) is 0.219. The molecule has 39 heavy (non-hydrogen) atoms. The molecule has 0 bridgehead atoms. The predicted molar refractivity (Wildman–Crippen MR) is 136 cm³/mol. The van der Waals surface area contributed by atoms with Crippen molar-refractivity contribution in [2.45, 2.75) is 17.9 Å². The van der Waals surface area contributed by atoms with E-state index in [1.165, 1.54) is 43.5 Å². The van der Waals surface area contributed by atoms with Gasteiger partial charge in [0.25, 0.3) is 5.91 Å². The van der Waals surface area contributed by atoms with E-state index < -0.39 is 29.4 Å². The van der Waals surface area contributed by atoms with Crippen LogP contribution in [0.4, 0.5) is 23.2 Å². The summed E-state index contributed by atoms with van der Waals surface area (Å²) in [6.07, 6.45) is -4.63. The fourth-order valence-electron chi connectivity index (χ4n) is 3.61. The van der Waals surface area contributed by atoms with Crippen LogP contribution in [0.1, 0.15) is 21.7 Å². The molecule has 3 aromatic carbocycles. The highest BCUT2D eigenvalue weighted by atomic mass is 32.2. The van der Waals surface area contributed by atoms with E-state index in [4.69, 9.17) is 4.74 Å². The third-order valence-electron chi connectivity index (χ3n) is 5.36. The number of anilines is 1. The number of thioether (sulfide) groups is 1. The van der Waals surface area contributed by atoms with Gasteiger partial charge in [0.1, 0.15) is 11.6 Å². The van der Waals surface area contributed by atoms with Crippen molar-refractivity contribution in [3.63, 3.8) is 0 Å². The van der Waals surface area contributed by atoms with Crippen LogP contribution >= 0.6 is 11.8 Å². The zero-order valence-corrected chi connectivity index (χ0v) is 21.1. The normalized spacial score (nSPS) is 11.2. The maximum Gasteiger partial charge on any atom is 0.418 e. The highest BCUT2D eigenvalue weighted by Gasteiger charge is 2.33. The van der Waals surface area contributed by atoms with E-state index in [0.29, 0.717) is 11.4 Å². The van der Waals surface area contributed by atoms with Crippen LogP contribution in [0.15, 0.2) is 78.0 Å². The summed E-state index contributed by atoms with van der Waals surface area (Å²) < 4.78 is 60.4. The molecule has 8 nitrogen and oxygen atoms in total. The minimum Gasteiger partial charge on any atom is -0.495 e. The molecule has 0 aliphatic rings. The minimum absolute atomic E-state index is 0.105. The van der Waals surface area contributed by atoms with Crippen molar-refractivity contribution in [3.8, 4) is 11.4 Å². The number of aromatic nitrogens is 3. The molecular weight excluding hydrogens is 538 g/mol. The van der Waals surface area contributed by atoms with Crippen LogP contribution in [0.25, 0.3) is 5.69 Å². The number of alkyl halides is 3. The number of hydrogen-bond donors (Lipinski definition) is 2. The molecule has 0 atom stereocenters. The summed E-state index contributed by atoms with van der Waals surface area (Å²) in [5.41, 5.74) is -0.700. The summed E-state index contributed by atoms with van der Waals surface area (Å²) in [4.78, 5) is 25.1. The van der Waals surface area contributed by atoms with E-state index in [0.717, 1.165) is 23.9 Å². The fourth-order valence-corrected chi connectivity index (χ4v) is 4.38. The Labute approximate surface area is 224 Å². The lowest BCUT2D eigenvalue weighted by Gasteiger charge is -2.15. The Morgan fingerprint density at radius 1 is 1.00 bits per heavy atom. The Kier molecular flexibility index (Phi) is 8.49. The maximum atomic E-state index is 13.5. The molecule has 4 aromatic rings. The predicted octanol–water partition coefficient (Wildman–Crippen LogP) is 5.09. The first-order valence-corrected chi connectivity index (χ1v) is 12.4. The van der Waals surface area contributed by atoms with E-state index in [9.17, 15) is 27.2 Å². The Balaban J connectivity index is 1.55. The van der Waals surface area contributed by atoms with Gasteiger partial charge in [0.2, 0.25) is 5.91 Å². The van der Waals surface area contributed by atoms with Gasteiger partial charge in [-0.15, -0.1) is 10.2 Å². The number of carbonyl (C=O) groups excluding carboxylic acids is 2. The number of para-hydroxylation sites is 3. The van der Waals surface area contributed by atoms with Crippen LogP contribution in [0, 0.1) is 5.82 Å². The lowest BCUT2D eigenvalue weighted by Crippen LogP contribution is -2.25. The maximum absolute atomic E-state index is 13.5. The van der Waals surface area contributed by atoms with Gasteiger partial charge >= 0.3 is 6.18 Å². The average molecular weight is 560 g/mol. The van der Waals surface area contributed by atoms with Gasteiger partial charge in [0.15, 0.2) is 11.0 Å². The van der Waals surface area contributed by atoms with Crippen molar-refractivity contribution in [1.82, 2.24) is 20.1 Å². The van der Waals surface area contributed by atoms with E-state index in [2.05, 4.69) is 20.8 Å². The van der Waals surface area contributed by atoms with Gasteiger partial charge in [-0.3, -0.25) is 14.2 Å². The second-order valence-electron chi connectivity index (χ2n) is 7.98. The van der Waals surface area contributed by atoms with Crippen LogP contribution < -0.4 is 15.4 Å². The molecule has 0 aliphatic carbocycles. The van der Waals surface area contributed by atoms with Crippen molar-refractivity contribution in [2.24, 2.45) is 0 Å². The molecule has 2 N–H and O–H groups in total. The number of hydrogen-bond acceptors (Lipinski definition) is 6. The van der Waals surface area contributed by atoms with Crippen molar-refractivity contribution in [2.75, 3.05) is 18.2 Å². The molecule has 1 heterocycles. The van der Waals surface area contributed by atoms with E-state index >= 15 is 0 Å². The SMILES string of the molecule is COc1ccccc1-n1c(CNC(=O)c2cccc(F)c2)nnc1SCC(=O)Nc1ccccc1C(F)(F)F. The van der Waals surface area contributed by atoms with Crippen molar-refractivity contribution < 1.29 is 31.9 Å². The van der Waals surface area contributed by atoms with Gasteiger partial charge in [-0.2, -0.15) is 13.2 Å². The third kappa shape index (κ3) is 6.74. The highest BCUT2D eigenvalue weighted by Crippen LogP contribution is 2.35. The molecule has 1 aromatic heterocycles. The molecule has 0 saturated heterocycles. The van der Waals surface area contributed by atoms with E-state index in [-0.39, 0.29) is 34.5 Å². The first kappa shape index (κ1) is 27.6. The summed E-state index contributed by atoms with van der Waals surface area (Å²) in [5.74, 6) is -1.35. The molecule has 2 amide bonds. The van der Waals surface area contributed by atoms with E-state index in [1.807, 2.05) is 0 Å². The van der Waals surface area contributed by atoms with Crippen LogP contribution in [-0.4, -0.2) is 39.4 Å². The van der Waals surface area contributed by atoms with Gasteiger partial charge in [-0.1, -0.05) is 42.1 Å². The molecule has 202 valence electrons. The molecular formula is C26H21F4N5O3S. The zero-order valence-electron chi connectivity index (χ0n) is 20.3. The number of benzene rings is 3. The van der Waals surface area contributed by atoms with Crippen LogP contribution in [-0.2, 0) is 17.5 Å². The number of nitrogens with one attached hydrogen (secondary N) is 2. The first-order chi connectivity index (χ1) is 18.7. The Morgan fingerprint density at radius 2 is 1.74 bits per heavy atom. The summed E-state index contributed by atoms with van der Waals surface area (Å²) in [6, 6.07) is 16.7. The van der Waals surface area contributed by atoms with Crippen molar-refractivity contribution >= 4 is 29.3 Å². The summed E-state index contributed by atoms with van der Waals surface area (Å²) in [6.45, 7) is -0.105. The number of carbonyl (C=O) groups is 2. The van der Waals surface area contributed by atoms with Crippen LogP contribution in [0.2, 0.25) is 0 Å². The molecule has 0 spiro atoms. The summed E-state index contributed by atoms with van der Waals surface area (Å²) in [5, 5.41) is 13.4. The van der Waals surface area contributed by atoms with Gasteiger partial charge in [-0.25, -0.2) is 4.39 Å². The monoisotopic (exact) mass is 559 g/mol. The van der Waals surface area contributed by atoms with Crippen molar-refractivity contribution in [1.29, 1.82) is 0 Å². The van der Waals surface area contributed by atoms with Crippen LogP contribution in [0.3, 0.4) is 0 Å². The average Bonchev–Trinajstić information content (AvgIpc) is 3.32. The summed E-state index contributed by atoms with van der Waals surface area (Å²) >= 11 is 0.933. The third-order valence-corrected chi connectivity index (χ3v) is 6.29. The standard InChI is InChI=1S/C26H21F4N5O3S/c1-38-21-12-5-4-11-20(21)35-22(14-31-24(37)16-7-6-8-17(27)13-16)33-34-25(35)39-15-23(36)32-19-10-3-2-9-18(19)26(28,29)30/h2-13H,14-15H2,1H3,(H,31,37)(H,32,36). The highest BCUT2D eigenvalue weighted by molar-refractivity contribution is 7.99. The number of ether oxygens (including phenoxy) is 1. The zero-order chi connectivity index (χ0) is 28.0. The number of rotatable bonds is 9. The molecule has 0 aliphatic heterocycles. The van der Waals surface area contributed by atoms with Gasteiger partial charge < -0.3 is 15.4 Å². The molecule has 13 heteroatoms. The smallest absolute Gasteiger partial charge is 0.418 e. The second kappa shape index (κ2) is 12.0. The Bertz CT molecular complexity index is 1490. The Hall–Kier alpha value is -4.39. The van der Waals surface area contributed by atoms with E-state index in [1.54, 1.807) is 28.8 Å². The summed E-state index contributed by atoms with van der Waals surface area (Å²) in [7, 11) is 1.47. The van der Waals surface area contributed by atoms with Crippen molar-refractivity contribution in [3.05, 3.63) is 95.6 Å². The Morgan fingerprint density at radius 3 is 2.49 bits per heavy atom. The molecule has 0 radical (unpaired) electrons.